The Morgan fingerprint density at radius 3 is 2.95 bits per heavy atom. The third-order valence-corrected chi connectivity index (χ3v) is 3.98. The van der Waals surface area contributed by atoms with Crippen LogP contribution in [-0.4, -0.2) is 50.8 Å². The van der Waals surface area contributed by atoms with Gasteiger partial charge in [0.1, 0.15) is 0 Å². The zero-order valence-electron chi connectivity index (χ0n) is 12.5. The van der Waals surface area contributed by atoms with Gasteiger partial charge in [-0.05, 0) is 24.7 Å². The van der Waals surface area contributed by atoms with Gasteiger partial charge in [-0.1, -0.05) is 25.5 Å². The van der Waals surface area contributed by atoms with E-state index in [0.717, 1.165) is 51.6 Å². The fraction of sp³-hybridized carbons (Fsp3) is 0.800. The molecule has 0 amide bonds. The standard InChI is InChI=1S/C15H27N3O/c1-15(2)7-9-18(12-15)14(16-3)17-8-4-13-5-10-19-11-6-13/h5H,4,6-12H2,1-3H3,(H,16,17). The summed E-state index contributed by atoms with van der Waals surface area (Å²) >= 11 is 0. The summed E-state index contributed by atoms with van der Waals surface area (Å²) in [6.45, 7) is 9.49. The predicted octanol–water partition coefficient (Wildman–Crippen LogP) is 2.03. The van der Waals surface area contributed by atoms with Gasteiger partial charge in [-0.25, -0.2) is 0 Å². The number of hydrogen-bond acceptors (Lipinski definition) is 2. The van der Waals surface area contributed by atoms with Gasteiger partial charge in [0.2, 0.25) is 0 Å². The van der Waals surface area contributed by atoms with Gasteiger partial charge in [0, 0.05) is 26.7 Å². The summed E-state index contributed by atoms with van der Waals surface area (Å²) in [6, 6.07) is 0. The van der Waals surface area contributed by atoms with Crippen LogP contribution in [-0.2, 0) is 4.74 Å². The Kier molecular flexibility index (Phi) is 4.86. The van der Waals surface area contributed by atoms with Gasteiger partial charge >= 0.3 is 0 Å². The second-order valence-corrected chi connectivity index (χ2v) is 6.25. The lowest BCUT2D eigenvalue weighted by atomic mass is 9.93. The van der Waals surface area contributed by atoms with Crippen LogP contribution in [0.3, 0.4) is 0 Å². The smallest absolute Gasteiger partial charge is 0.193 e. The van der Waals surface area contributed by atoms with Crippen LogP contribution in [0.1, 0.15) is 33.1 Å². The summed E-state index contributed by atoms with van der Waals surface area (Å²) in [7, 11) is 1.88. The number of ether oxygens (including phenoxy) is 1. The summed E-state index contributed by atoms with van der Waals surface area (Å²) in [5.74, 6) is 1.05. The first kappa shape index (κ1) is 14.4. The van der Waals surface area contributed by atoms with Crippen LogP contribution in [0, 0.1) is 5.41 Å². The molecule has 0 atom stereocenters. The highest BCUT2D eigenvalue weighted by atomic mass is 16.5. The van der Waals surface area contributed by atoms with Crippen LogP contribution in [0.5, 0.6) is 0 Å². The normalized spacial score (nSPS) is 23.4. The van der Waals surface area contributed by atoms with Crippen molar-refractivity contribution in [3.05, 3.63) is 11.6 Å². The summed E-state index contributed by atoms with van der Waals surface area (Å²) in [4.78, 5) is 6.78. The molecule has 2 aliphatic heterocycles. The molecule has 1 fully saturated rings. The molecule has 4 nitrogen and oxygen atoms in total. The molecule has 108 valence electrons. The van der Waals surface area contributed by atoms with Gasteiger partial charge < -0.3 is 15.0 Å². The Hall–Kier alpha value is -1.03. The lowest BCUT2D eigenvalue weighted by Crippen LogP contribution is -2.41. The van der Waals surface area contributed by atoms with E-state index in [1.807, 2.05) is 7.05 Å². The Balaban J connectivity index is 1.76. The minimum atomic E-state index is 0.418. The van der Waals surface area contributed by atoms with E-state index < -0.39 is 0 Å². The average Bonchev–Trinajstić information content (AvgIpc) is 2.76. The molecule has 2 heterocycles. The average molecular weight is 265 g/mol. The van der Waals surface area contributed by atoms with Crippen molar-refractivity contribution in [3.63, 3.8) is 0 Å². The monoisotopic (exact) mass is 265 g/mol. The van der Waals surface area contributed by atoms with E-state index in [2.05, 4.69) is 35.1 Å². The zero-order valence-corrected chi connectivity index (χ0v) is 12.5. The number of nitrogens with one attached hydrogen (secondary N) is 1. The topological polar surface area (TPSA) is 36.9 Å². The first-order chi connectivity index (χ1) is 9.11. The van der Waals surface area contributed by atoms with Crippen LogP contribution in [0.2, 0.25) is 0 Å². The summed E-state index contributed by atoms with van der Waals surface area (Å²) in [5.41, 5.74) is 1.93. The molecule has 1 saturated heterocycles. The molecule has 0 aromatic heterocycles. The van der Waals surface area contributed by atoms with E-state index in [-0.39, 0.29) is 0 Å². The Morgan fingerprint density at radius 1 is 1.53 bits per heavy atom. The quantitative estimate of drug-likeness (QED) is 0.482. The van der Waals surface area contributed by atoms with Crippen LogP contribution in [0.15, 0.2) is 16.6 Å². The molecule has 2 aliphatic rings. The highest BCUT2D eigenvalue weighted by molar-refractivity contribution is 5.80. The molecule has 1 N–H and O–H groups in total. The first-order valence-corrected chi connectivity index (χ1v) is 7.32. The van der Waals surface area contributed by atoms with E-state index in [1.54, 1.807) is 0 Å². The van der Waals surface area contributed by atoms with Crippen LogP contribution < -0.4 is 5.32 Å². The molecule has 0 bridgehead atoms. The zero-order chi connectivity index (χ0) is 13.7. The minimum Gasteiger partial charge on any atom is -0.377 e. The third kappa shape index (κ3) is 4.23. The van der Waals surface area contributed by atoms with E-state index in [1.165, 1.54) is 12.0 Å². The first-order valence-electron chi connectivity index (χ1n) is 7.32. The maximum Gasteiger partial charge on any atom is 0.193 e. The van der Waals surface area contributed by atoms with Crippen LogP contribution in [0.4, 0.5) is 0 Å². The van der Waals surface area contributed by atoms with Crippen molar-refractivity contribution in [2.75, 3.05) is 39.9 Å². The maximum absolute atomic E-state index is 5.32. The lowest BCUT2D eigenvalue weighted by molar-refractivity contribution is 0.153. The summed E-state index contributed by atoms with van der Waals surface area (Å²) < 4.78 is 5.32. The molecular formula is C15H27N3O. The number of rotatable bonds is 3. The second kappa shape index (κ2) is 6.42. The van der Waals surface area contributed by atoms with Crippen molar-refractivity contribution in [1.29, 1.82) is 0 Å². The SMILES string of the molecule is CN=C(NCCC1=CCOCC1)N1CCC(C)(C)C1. The van der Waals surface area contributed by atoms with Crippen LogP contribution in [0.25, 0.3) is 0 Å². The molecule has 0 aromatic carbocycles. The highest BCUT2D eigenvalue weighted by Gasteiger charge is 2.30. The number of hydrogen-bond donors (Lipinski definition) is 1. The summed E-state index contributed by atoms with van der Waals surface area (Å²) in [5, 5.41) is 3.49. The van der Waals surface area contributed by atoms with Gasteiger partial charge in [0.15, 0.2) is 5.96 Å². The second-order valence-electron chi connectivity index (χ2n) is 6.25. The fourth-order valence-corrected chi connectivity index (χ4v) is 2.75. The van der Waals surface area contributed by atoms with E-state index in [9.17, 15) is 0 Å². The number of likely N-dealkylation sites (tertiary alicyclic amines) is 1. The van der Waals surface area contributed by atoms with Crippen molar-refractivity contribution in [1.82, 2.24) is 10.2 Å². The van der Waals surface area contributed by atoms with Gasteiger partial charge in [0.25, 0.3) is 0 Å². The van der Waals surface area contributed by atoms with Crippen molar-refractivity contribution < 1.29 is 4.74 Å². The lowest BCUT2D eigenvalue weighted by Gasteiger charge is -2.24. The molecule has 0 spiro atoms. The van der Waals surface area contributed by atoms with E-state index in [4.69, 9.17) is 4.74 Å². The van der Waals surface area contributed by atoms with E-state index in [0.29, 0.717) is 5.41 Å². The Bertz CT molecular complexity index is 360. The van der Waals surface area contributed by atoms with Crippen LogP contribution >= 0.6 is 0 Å². The number of aliphatic imine (C=N–C) groups is 1. The van der Waals surface area contributed by atoms with Crippen molar-refractivity contribution in [2.45, 2.75) is 33.1 Å². The number of guanidine groups is 1. The molecule has 0 aromatic rings. The van der Waals surface area contributed by atoms with Crippen molar-refractivity contribution in [3.8, 4) is 0 Å². The molecule has 19 heavy (non-hydrogen) atoms. The maximum atomic E-state index is 5.32. The van der Waals surface area contributed by atoms with Crippen molar-refractivity contribution in [2.24, 2.45) is 10.4 Å². The summed E-state index contributed by atoms with van der Waals surface area (Å²) in [6.07, 6.45) is 5.64. The molecule has 2 rings (SSSR count). The molecule has 4 heteroatoms. The van der Waals surface area contributed by atoms with Gasteiger partial charge in [-0.2, -0.15) is 0 Å². The molecular weight excluding hydrogens is 238 g/mol. The fourth-order valence-electron chi connectivity index (χ4n) is 2.75. The highest BCUT2D eigenvalue weighted by Crippen LogP contribution is 2.28. The Labute approximate surface area is 116 Å². The largest absolute Gasteiger partial charge is 0.377 e. The van der Waals surface area contributed by atoms with Gasteiger partial charge in [0.05, 0.1) is 13.2 Å². The van der Waals surface area contributed by atoms with E-state index >= 15 is 0 Å². The van der Waals surface area contributed by atoms with Crippen molar-refractivity contribution >= 4 is 5.96 Å². The molecule has 0 unspecified atom stereocenters. The number of nitrogens with zero attached hydrogens (tertiary/aromatic N) is 2. The Morgan fingerprint density at radius 2 is 2.37 bits per heavy atom. The van der Waals surface area contributed by atoms with Gasteiger partial charge in [-0.3, -0.25) is 4.99 Å². The molecule has 0 aliphatic carbocycles. The minimum absolute atomic E-state index is 0.418. The predicted molar refractivity (Wildman–Crippen MR) is 79.5 cm³/mol. The molecule has 0 saturated carbocycles. The third-order valence-electron chi connectivity index (χ3n) is 3.98. The van der Waals surface area contributed by atoms with Gasteiger partial charge in [-0.15, -0.1) is 0 Å². The molecule has 0 radical (unpaired) electrons.